The number of thioether (sulfide) groups is 1. The van der Waals surface area contributed by atoms with Gasteiger partial charge in [-0.1, -0.05) is 30.3 Å². The first kappa shape index (κ1) is 17.2. The molecule has 0 aliphatic carbocycles. The predicted molar refractivity (Wildman–Crippen MR) is 98.9 cm³/mol. The fraction of sp³-hybridized carbons (Fsp3) is 0.158. The number of nitrogens with zero attached hydrogens (tertiary/aromatic N) is 2. The molecular formula is C19H17FN2O2S. The van der Waals surface area contributed by atoms with E-state index in [1.54, 1.807) is 26.2 Å². The van der Waals surface area contributed by atoms with E-state index in [-0.39, 0.29) is 11.7 Å². The first-order valence-corrected chi connectivity index (χ1v) is 8.51. The fourth-order valence-electron chi connectivity index (χ4n) is 2.36. The lowest BCUT2D eigenvalue weighted by Gasteiger charge is -2.10. The lowest BCUT2D eigenvalue weighted by atomic mass is 10.1. The summed E-state index contributed by atoms with van der Waals surface area (Å²) in [6.45, 7) is 0.323. The van der Waals surface area contributed by atoms with Crippen molar-refractivity contribution in [1.29, 1.82) is 0 Å². The maximum absolute atomic E-state index is 13.0. The summed E-state index contributed by atoms with van der Waals surface area (Å²) in [6.07, 6.45) is 1.81. The van der Waals surface area contributed by atoms with Crippen LogP contribution in [0.25, 0.3) is 6.08 Å². The predicted octanol–water partition coefficient (Wildman–Crippen LogP) is 3.94. The van der Waals surface area contributed by atoms with Crippen molar-refractivity contribution in [3.05, 3.63) is 70.4 Å². The van der Waals surface area contributed by atoms with Gasteiger partial charge in [-0.05, 0) is 41.6 Å². The molecule has 128 valence electrons. The highest BCUT2D eigenvalue weighted by Gasteiger charge is 2.29. The van der Waals surface area contributed by atoms with Gasteiger partial charge in [0.15, 0.2) is 5.17 Å². The Labute approximate surface area is 150 Å². The Morgan fingerprint density at radius 3 is 2.60 bits per heavy atom. The smallest absolute Gasteiger partial charge is 0.266 e. The molecule has 0 bridgehead atoms. The summed E-state index contributed by atoms with van der Waals surface area (Å²) in [5, 5.41) is 0.668. The zero-order valence-corrected chi connectivity index (χ0v) is 14.7. The van der Waals surface area contributed by atoms with E-state index in [0.717, 1.165) is 11.1 Å². The molecule has 1 aliphatic heterocycles. The number of amidine groups is 1. The maximum Gasteiger partial charge on any atom is 0.266 e. The lowest BCUT2D eigenvalue weighted by molar-refractivity contribution is -0.121. The molecule has 0 N–H and O–H groups in total. The number of carbonyl (C=O) groups excluding carboxylic acids is 1. The van der Waals surface area contributed by atoms with E-state index in [1.165, 1.54) is 28.8 Å². The van der Waals surface area contributed by atoms with Crippen molar-refractivity contribution in [1.82, 2.24) is 4.90 Å². The van der Waals surface area contributed by atoms with E-state index in [1.807, 2.05) is 30.3 Å². The van der Waals surface area contributed by atoms with Crippen molar-refractivity contribution in [3.8, 4) is 5.75 Å². The average molecular weight is 356 g/mol. The van der Waals surface area contributed by atoms with Gasteiger partial charge in [-0.15, -0.1) is 0 Å². The van der Waals surface area contributed by atoms with Crippen LogP contribution >= 0.6 is 11.8 Å². The number of para-hydroxylation sites is 1. The van der Waals surface area contributed by atoms with Gasteiger partial charge >= 0.3 is 0 Å². The van der Waals surface area contributed by atoms with Gasteiger partial charge in [0.05, 0.1) is 4.91 Å². The minimum absolute atomic E-state index is 0.0843. The molecule has 0 spiro atoms. The summed E-state index contributed by atoms with van der Waals surface area (Å²) in [7, 11) is 3.37. The number of likely N-dealkylation sites (N-methyl/N-ethyl adjacent to an activating group) is 1. The van der Waals surface area contributed by atoms with Crippen LogP contribution in [-0.4, -0.2) is 30.1 Å². The zero-order valence-electron chi connectivity index (χ0n) is 13.9. The molecule has 1 fully saturated rings. The minimum atomic E-state index is -0.275. The molecule has 1 saturated heterocycles. The minimum Gasteiger partial charge on any atom is -0.488 e. The van der Waals surface area contributed by atoms with Gasteiger partial charge < -0.3 is 4.74 Å². The largest absolute Gasteiger partial charge is 0.488 e. The summed E-state index contributed by atoms with van der Waals surface area (Å²) < 4.78 is 18.8. The third kappa shape index (κ3) is 3.91. The average Bonchev–Trinajstić information content (AvgIpc) is 2.90. The van der Waals surface area contributed by atoms with Gasteiger partial charge in [0.25, 0.3) is 5.91 Å². The van der Waals surface area contributed by atoms with Crippen LogP contribution in [0.2, 0.25) is 0 Å². The maximum atomic E-state index is 13.0. The van der Waals surface area contributed by atoms with Crippen LogP contribution in [0, 0.1) is 5.82 Å². The van der Waals surface area contributed by atoms with Gasteiger partial charge in [-0.3, -0.25) is 14.7 Å². The van der Waals surface area contributed by atoms with Crippen LogP contribution in [0.3, 0.4) is 0 Å². The number of benzene rings is 2. The van der Waals surface area contributed by atoms with E-state index in [4.69, 9.17) is 4.74 Å². The van der Waals surface area contributed by atoms with Crippen LogP contribution in [-0.2, 0) is 11.4 Å². The Hall–Kier alpha value is -2.60. The second-order valence-corrected chi connectivity index (χ2v) is 6.44. The fourth-order valence-corrected chi connectivity index (χ4v) is 3.28. The molecule has 1 heterocycles. The van der Waals surface area contributed by atoms with E-state index in [9.17, 15) is 9.18 Å². The van der Waals surface area contributed by atoms with Crippen LogP contribution in [0.4, 0.5) is 4.39 Å². The monoisotopic (exact) mass is 356 g/mol. The van der Waals surface area contributed by atoms with Crippen LogP contribution in [0.1, 0.15) is 11.1 Å². The van der Waals surface area contributed by atoms with Gasteiger partial charge in [0, 0.05) is 19.7 Å². The summed E-state index contributed by atoms with van der Waals surface area (Å²) in [5.74, 6) is 0.305. The number of hydrogen-bond donors (Lipinski definition) is 0. The number of halogens is 1. The van der Waals surface area contributed by atoms with E-state index >= 15 is 0 Å². The van der Waals surface area contributed by atoms with Gasteiger partial charge in [0.2, 0.25) is 0 Å². The Morgan fingerprint density at radius 1 is 1.20 bits per heavy atom. The number of hydrogen-bond acceptors (Lipinski definition) is 4. The molecule has 2 aromatic rings. The zero-order chi connectivity index (χ0) is 17.8. The molecule has 6 heteroatoms. The van der Waals surface area contributed by atoms with Crippen LogP contribution < -0.4 is 4.74 Å². The molecule has 3 rings (SSSR count). The van der Waals surface area contributed by atoms with E-state index in [2.05, 4.69) is 4.99 Å². The molecule has 0 unspecified atom stereocenters. The van der Waals surface area contributed by atoms with Crippen molar-refractivity contribution in [2.24, 2.45) is 4.99 Å². The number of ether oxygens (including phenoxy) is 1. The Balaban J connectivity index is 1.80. The quantitative estimate of drug-likeness (QED) is 0.780. The highest BCUT2D eigenvalue weighted by Crippen LogP contribution is 2.33. The van der Waals surface area contributed by atoms with Crippen molar-refractivity contribution in [2.75, 3.05) is 14.1 Å². The second-order valence-electron chi connectivity index (χ2n) is 5.43. The van der Waals surface area contributed by atoms with Gasteiger partial charge in [-0.25, -0.2) is 4.39 Å². The van der Waals surface area contributed by atoms with E-state index in [0.29, 0.717) is 22.4 Å². The molecule has 1 aliphatic rings. The molecule has 0 saturated carbocycles. The van der Waals surface area contributed by atoms with Crippen molar-refractivity contribution >= 4 is 28.9 Å². The molecule has 0 atom stereocenters. The molecule has 25 heavy (non-hydrogen) atoms. The van der Waals surface area contributed by atoms with Crippen molar-refractivity contribution in [2.45, 2.75) is 6.61 Å². The summed E-state index contributed by atoms with van der Waals surface area (Å²) in [5.41, 5.74) is 1.68. The van der Waals surface area contributed by atoms with Gasteiger partial charge in [-0.2, -0.15) is 0 Å². The first-order valence-electron chi connectivity index (χ1n) is 7.69. The third-order valence-electron chi connectivity index (χ3n) is 3.71. The highest BCUT2D eigenvalue weighted by molar-refractivity contribution is 8.18. The SMILES string of the molecule is CN=C1S/C(=C/c2ccccc2OCc2ccc(F)cc2)C(=O)N1C. The standard InChI is InChI=1S/C19H17FN2O2S/c1-21-19-22(2)18(23)17(25-19)11-14-5-3-4-6-16(14)24-12-13-7-9-15(20)10-8-13/h3-11H,12H2,1-2H3/b17-11+,21-19?. The van der Waals surface area contributed by atoms with Crippen LogP contribution in [0.5, 0.6) is 5.75 Å². The Kier molecular flexibility index (Phi) is 5.19. The topological polar surface area (TPSA) is 41.9 Å². The first-order chi connectivity index (χ1) is 12.1. The third-order valence-corrected chi connectivity index (χ3v) is 4.86. The summed E-state index contributed by atoms with van der Waals surface area (Å²) in [6, 6.07) is 13.7. The molecule has 2 aromatic carbocycles. The number of aliphatic imine (C=N–C) groups is 1. The second kappa shape index (κ2) is 7.53. The van der Waals surface area contributed by atoms with E-state index < -0.39 is 0 Å². The number of amides is 1. The van der Waals surface area contributed by atoms with Crippen molar-refractivity contribution < 1.29 is 13.9 Å². The normalized spacial score (nSPS) is 17.6. The summed E-state index contributed by atoms with van der Waals surface area (Å²) in [4.78, 5) is 18.5. The highest BCUT2D eigenvalue weighted by atomic mass is 32.2. The summed E-state index contributed by atoms with van der Waals surface area (Å²) >= 11 is 1.34. The molecule has 0 radical (unpaired) electrons. The Bertz CT molecular complexity index is 847. The molecular weight excluding hydrogens is 339 g/mol. The molecule has 1 amide bonds. The van der Waals surface area contributed by atoms with Crippen molar-refractivity contribution in [3.63, 3.8) is 0 Å². The number of rotatable bonds is 4. The molecule has 4 nitrogen and oxygen atoms in total. The Morgan fingerprint density at radius 2 is 1.92 bits per heavy atom. The van der Waals surface area contributed by atoms with Crippen LogP contribution in [0.15, 0.2) is 58.4 Å². The van der Waals surface area contributed by atoms with Gasteiger partial charge in [0.1, 0.15) is 18.2 Å². The lowest BCUT2D eigenvalue weighted by Crippen LogP contribution is -2.23. The molecule has 0 aromatic heterocycles. The number of carbonyl (C=O) groups is 1.